The SMILES string of the molecule is O=C1[C@H]2C3c4ccccc4C([N+](=O)[O-])(c4ccccc43)[C@H]2C(=O)N1c1ccccc1. The van der Waals surface area contributed by atoms with Gasteiger partial charge in [-0.3, -0.25) is 19.7 Å². The van der Waals surface area contributed by atoms with Crippen LogP contribution in [0, 0.1) is 22.0 Å². The van der Waals surface area contributed by atoms with Crippen LogP contribution in [0.3, 0.4) is 0 Å². The lowest BCUT2D eigenvalue weighted by Gasteiger charge is -2.48. The van der Waals surface area contributed by atoms with Crippen molar-refractivity contribution in [3.8, 4) is 0 Å². The van der Waals surface area contributed by atoms with Crippen molar-refractivity contribution >= 4 is 17.5 Å². The molecule has 1 saturated heterocycles. The summed E-state index contributed by atoms with van der Waals surface area (Å²) in [4.78, 5) is 40.9. The Morgan fingerprint density at radius 3 is 1.87 bits per heavy atom. The summed E-state index contributed by atoms with van der Waals surface area (Å²) < 4.78 is 0. The van der Waals surface area contributed by atoms with Gasteiger partial charge in [0.15, 0.2) is 0 Å². The fourth-order valence-corrected chi connectivity index (χ4v) is 5.87. The number of hydrogen-bond acceptors (Lipinski definition) is 4. The second-order valence-corrected chi connectivity index (χ2v) is 8.03. The monoisotopic (exact) mass is 396 g/mol. The van der Waals surface area contributed by atoms with Crippen molar-refractivity contribution < 1.29 is 14.5 Å². The predicted molar refractivity (Wildman–Crippen MR) is 108 cm³/mol. The molecule has 2 amide bonds. The van der Waals surface area contributed by atoms with Gasteiger partial charge in [-0.05, 0) is 23.3 Å². The van der Waals surface area contributed by atoms with Crippen molar-refractivity contribution in [1.29, 1.82) is 0 Å². The molecule has 3 aromatic carbocycles. The molecule has 1 fully saturated rings. The standard InChI is InChI=1S/C24H16N2O4/c27-22-20-19-15-10-4-6-12-17(15)24(26(29)30,18-13-7-5-11-16(18)19)21(20)23(28)25(22)14-8-2-1-3-9-14/h1-13,19-21H/t19?,20-,21+,24?/m0/s1. The van der Waals surface area contributed by atoms with Crippen molar-refractivity contribution in [2.45, 2.75) is 11.5 Å². The molecule has 3 aromatic rings. The zero-order valence-corrected chi connectivity index (χ0v) is 15.8. The van der Waals surface area contributed by atoms with Gasteiger partial charge in [0.25, 0.3) is 5.54 Å². The molecule has 7 rings (SSSR count). The van der Waals surface area contributed by atoms with Gasteiger partial charge in [0.05, 0.1) is 11.6 Å². The minimum Gasteiger partial charge on any atom is -0.274 e. The number of para-hydroxylation sites is 1. The molecule has 146 valence electrons. The number of imide groups is 1. The van der Waals surface area contributed by atoms with E-state index < -0.39 is 23.3 Å². The van der Waals surface area contributed by atoms with E-state index in [-0.39, 0.29) is 16.7 Å². The van der Waals surface area contributed by atoms with Gasteiger partial charge in [-0.25, -0.2) is 4.90 Å². The van der Waals surface area contributed by atoms with Gasteiger partial charge >= 0.3 is 0 Å². The Morgan fingerprint density at radius 1 is 0.767 bits per heavy atom. The molecular formula is C24H16N2O4. The normalized spacial score (nSPS) is 28.1. The highest BCUT2D eigenvalue weighted by Crippen LogP contribution is 2.64. The molecule has 2 bridgehead atoms. The first kappa shape index (κ1) is 17.1. The molecule has 0 spiro atoms. The summed E-state index contributed by atoms with van der Waals surface area (Å²) in [6.45, 7) is 0. The van der Waals surface area contributed by atoms with E-state index in [2.05, 4.69) is 0 Å². The second-order valence-electron chi connectivity index (χ2n) is 8.03. The minimum absolute atomic E-state index is 0.350. The van der Waals surface area contributed by atoms with Crippen LogP contribution in [0.2, 0.25) is 0 Å². The number of carbonyl (C=O) groups is 2. The Balaban J connectivity index is 1.70. The Hall–Kier alpha value is -3.80. The van der Waals surface area contributed by atoms with Gasteiger partial charge in [0.2, 0.25) is 11.8 Å². The number of anilines is 1. The lowest BCUT2D eigenvalue weighted by Crippen LogP contribution is -2.57. The molecule has 1 aliphatic heterocycles. The smallest absolute Gasteiger partial charge is 0.274 e. The van der Waals surface area contributed by atoms with Gasteiger partial charge in [-0.2, -0.15) is 0 Å². The van der Waals surface area contributed by atoms with Crippen molar-refractivity contribution in [2.75, 3.05) is 4.90 Å². The summed E-state index contributed by atoms with van der Waals surface area (Å²) in [5.74, 6) is -3.12. The fourth-order valence-electron chi connectivity index (χ4n) is 5.87. The van der Waals surface area contributed by atoms with E-state index >= 15 is 0 Å². The van der Waals surface area contributed by atoms with Crippen LogP contribution in [0.4, 0.5) is 5.69 Å². The first-order valence-electron chi connectivity index (χ1n) is 9.84. The second kappa shape index (κ2) is 5.63. The van der Waals surface area contributed by atoms with Crippen molar-refractivity contribution in [3.05, 3.63) is 111 Å². The number of amides is 2. The Labute approximate surface area is 171 Å². The average Bonchev–Trinajstić information content (AvgIpc) is 3.05. The maximum Gasteiger partial charge on any atom is 0.285 e. The van der Waals surface area contributed by atoms with Crippen LogP contribution in [-0.4, -0.2) is 16.7 Å². The average molecular weight is 396 g/mol. The Bertz CT molecular complexity index is 1210. The molecule has 0 unspecified atom stereocenters. The number of nitro groups is 1. The van der Waals surface area contributed by atoms with E-state index in [0.717, 1.165) is 16.0 Å². The van der Waals surface area contributed by atoms with Gasteiger partial charge in [0.1, 0.15) is 5.92 Å². The first-order valence-corrected chi connectivity index (χ1v) is 9.84. The summed E-state index contributed by atoms with van der Waals surface area (Å²) in [6.07, 6.45) is 0. The molecule has 0 aromatic heterocycles. The lowest BCUT2D eigenvalue weighted by molar-refractivity contribution is -0.578. The maximum atomic E-state index is 13.7. The van der Waals surface area contributed by atoms with Crippen molar-refractivity contribution in [2.24, 2.45) is 11.8 Å². The Kier molecular flexibility index (Phi) is 3.21. The first-order chi connectivity index (χ1) is 14.6. The summed E-state index contributed by atoms with van der Waals surface area (Å²) in [6, 6.07) is 23.1. The number of hydrogen-bond donors (Lipinski definition) is 0. The molecule has 3 aliphatic carbocycles. The number of carbonyl (C=O) groups excluding carboxylic acids is 2. The number of benzene rings is 3. The van der Waals surface area contributed by atoms with Crippen LogP contribution in [0.15, 0.2) is 78.9 Å². The highest BCUT2D eigenvalue weighted by Gasteiger charge is 2.74. The highest BCUT2D eigenvalue weighted by molar-refractivity contribution is 6.23. The summed E-state index contributed by atoms with van der Waals surface area (Å²) in [5.41, 5.74) is 1.26. The lowest BCUT2D eigenvalue weighted by atomic mass is 9.51. The zero-order valence-electron chi connectivity index (χ0n) is 15.8. The fraction of sp³-hybridized carbons (Fsp3) is 0.167. The van der Waals surface area contributed by atoms with E-state index in [9.17, 15) is 19.7 Å². The summed E-state index contributed by atoms with van der Waals surface area (Å²) >= 11 is 0. The van der Waals surface area contributed by atoms with E-state index in [1.165, 1.54) is 0 Å². The maximum absolute atomic E-state index is 13.7. The zero-order chi connectivity index (χ0) is 20.6. The van der Waals surface area contributed by atoms with Crippen LogP contribution in [0.25, 0.3) is 0 Å². The van der Waals surface area contributed by atoms with Crippen LogP contribution < -0.4 is 4.90 Å². The molecule has 6 heteroatoms. The largest absolute Gasteiger partial charge is 0.285 e. The molecule has 0 radical (unpaired) electrons. The molecule has 1 heterocycles. The topological polar surface area (TPSA) is 80.5 Å². The molecule has 4 aliphatic rings. The van der Waals surface area contributed by atoms with Crippen LogP contribution in [0.1, 0.15) is 28.2 Å². The van der Waals surface area contributed by atoms with Gasteiger partial charge < -0.3 is 0 Å². The Morgan fingerprint density at radius 2 is 1.30 bits per heavy atom. The molecule has 0 saturated carbocycles. The predicted octanol–water partition coefficient (Wildman–Crippen LogP) is 3.47. The highest BCUT2D eigenvalue weighted by atomic mass is 16.6. The van der Waals surface area contributed by atoms with E-state index in [0.29, 0.717) is 16.8 Å². The van der Waals surface area contributed by atoms with Crippen LogP contribution in [0.5, 0.6) is 0 Å². The van der Waals surface area contributed by atoms with Gasteiger partial charge in [-0.15, -0.1) is 0 Å². The quantitative estimate of drug-likeness (QED) is 0.377. The minimum atomic E-state index is -1.77. The van der Waals surface area contributed by atoms with Crippen molar-refractivity contribution in [1.82, 2.24) is 0 Å². The third kappa shape index (κ3) is 1.75. The third-order valence-corrected chi connectivity index (χ3v) is 6.88. The molecule has 6 nitrogen and oxygen atoms in total. The van der Waals surface area contributed by atoms with E-state index in [4.69, 9.17) is 0 Å². The molecule has 2 atom stereocenters. The van der Waals surface area contributed by atoms with E-state index in [1.807, 2.05) is 24.3 Å². The van der Waals surface area contributed by atoms with Crippen LogP contribution >= 0.6 is 0 Å². The van der Waals surface area contributed by atoms with Gasteiger partial charge in [-0.1, -0.05) is 66.7 Å². The molecular weight excluding hydrogens is 380 g/mol. The molecule has 30 heavy (non-hydrogen) atoms. The number of rotatable bonds is 2. The number of nitrogens with zero attached hydrogens (tertiary/aromatic N) is 2. The summed E-state index contributed by atoms with van der Waals surface area (Å²) in [7, 11) is 0. The third-order valence-electron chi connectivity index (χ3n) is 6.88. The van der Waals surface area contributed by atoms with Crippen LogP contribution in [-0.2, 0) is 15.1 Å². The molecule has 0 N–H and O–H groups in total. The van der Waals surface area contributed by atoms with Crippen molar-refractivity contribution in [3.63, 3.8) is 0 Å². The van der Waals surface area contributed by atoms with Gasteiger partial charge in [0, 0.05) is 22.0 Å². The van der Waals surface area contributed by atoms with E-state index in [1.54, 1.807) is 54.6 Å². The summed E-state index contributed by atoms with van der Waals surface area (Å²) in [5, 5.41) is 12.8.